The molecule has 0 aliphatic heterocycles. The molecule has 0 amide bonds. The quantitative estimate of drug-likeness (QED) is 0.740. The predicted molar refractivity (Wildman–Crippen MR) is 75.5 cm³/mol. The van der Waals surface area contributed by atoms with Crippen LogP contribution in [-0.2, 0) is 16.1 Å². The molecule has 0 aromatic carbocycles. The van der Waals surface area contributed by atoms with Gasteiger partial charge in [-0.15, -0.1) is 0 Å². The van der Waals surface area contributed by atoms with Crippen molar-refractivity contribution in [1.82, 2.24) is 19.5 Å². The van der Waals surface area contributed by atoms with Crippen molar-refractivity contribution < 1.29 is 9.53 Å². The van der Waals surface area contributed by atoms with E-state index in [1.165, 1.54) is 6.33 Å². The lowest BCUT2D eigenvalue weighted by molar-refractivity contribution is -0.143. The van der Waals surface area contributed by atoms with E-state index in [2.05, 4.69) is 15.0 Å². The molecule has 0 bridgehead atoms. The van der Waals surface area contributed by atoms with Gasteiger partial charge >= 0.3 is 5.97 Å². The molecule has 0 saturated heterocycles. The minimum Gasteiger partial charge on any atom is -0.466 e. The summed E-state index contributed by atoms with van der Waals surface area (Å²) in [7, 11) is 3.84. The van der Waals surface area contributed by atoms with E-state index >= 15 is 0 Å². The number of anilines is 1. The van der Waals surface area contributed by atoms with E-state index < -0.39 is 0 Å². The molecule has 7 heteroatoms. The molecule has 2 rings (SSSR count). The molecule has 0 aliphatic carbocycles. The molecule has 0 saturated carbocycles. The Kier molecular flexibility index (Phi) is 4.49. The largest absolute Gasteiger partial charge is 0.466 e. The van der Waals surface area contributed by atoms with E-state index in [1.54, 1.807) is 13.3 Å². The zero-order valence-electron chi connectivity index (χ0n) is 12.0. The van der Waals surface area contributed by atoms with Gasteiger partial charge in [-0.05, 0) is 13.3 Å². The maximum absolute atomic E-state index is 11.3. The molecule has 7 nitrogen and oxygen atoms in total. The van der Waals surface area contributed by atoms with Gasteiger partial charge in [-0.3, -0.25) is 4.79 Å². The normalized spacial score (nSPS) is 10.8. The van der Waals surface area contributed by atoms with Crippen molar-refractivity contribution in [1.29, 1.82) is 0 Å². The maximum Gasteiger partial charge on any atom is 0.305 e. The third-order valence-corrected chi connectivity index (χ3v) is 2.89. The van der Waals surface area contributed by atoms with Gasteiger partial charge in [0.05, 0.1) is 12.9 Å². The first-order chi connectivity index (χ1) is 9.63. The Hall–Kier alpha value is -2.18. The van der Waals surface area contributed by atoms with Gasteiger partial charge in [0.1, 0.15) is 6.33 Å². The monoisotopic (exact) mass is 277 g/mol. The summed E-state index contributed by atoms with van der Waals surface area (Å²) in [6, 6.07) is 0. The highest BCUT2D eigenvalue weighted by Crippen LogP contribution is 2.19. The summed E-state index contributed by atoms with van der Waals surface area (Å²) in [6.07, 6.45) is 4.36. The molecule has 0 aliphatic rings. The average Bonchev–Trinajstić information content (AvgIpc) is 2.82. The van der Waals surface area contributed by atoms with E-state index in [-0.39, 0.29) is 5.97 Å². The van der Waals surface area contributed by atoms with Crippen LogP contribution in [0.2, 0.25) is 0 Å². The average molecular weight is 277 g/mol. The highest BCUT2D eigenvalue weighted by atomic mass is 16.5. The van der Waals surface area contributed by atoms with Gasteiger partial charge in [-0.25, -0.2) is 15.0 Å². The molecule has 0 radical (unpaired) electrons. The molecular formula is C13H19N5O2. The molecular weight excluding hydrogens is 258 g/mol. The maximum atomic E-state index is 11.3. The van der Waals surface area contributed by atoms with Crippen molar-refractivity contribution in [2.45, 2.75) is 26.3 Å². The smallest absolute Gasteiger partial charge is 0.305 e. The number of aromatic nitrogens is 4. The van der Waals surface area contributed by atoms with Gasteiger partial charge < -0.3 is 14.2 Å². The van der Waals surface area contributed by atoms with E-state index in [1.807, 2.05) is 23.6 Å². The van der Waals surface area contributed by atoms with Crippen molar-refractivity contribution in [3.05, 3.63) is 12.7 Å². The van der Waals surface area contributed by atoms with Crippen molar-refractivity contribution in [3.63, 3.8) is 0 Å². The van der Waals surface area contributed by atoms with Gasteiger partial charge in [0.15, 0.2) is 17.0 Å². The van der Waals surface area contributed by atoms with Crippen LogP contribution < -0.4 is 4.90 Å². The number of fused-ring (bicyclic) bond motifs is 1. The highest BCUT2D eigenvalue weighted by Gasteiger charge is 2.11. The molecule has 2 aromatic heterocycles. The topological polar surface area (TPSA) is 73.1 Å². The minimum atomic E-state index is -0.166. The number of imidazole rings is 1. The summed E-state index contributed by atoms with van der Waals surface area (Å²) in [5, 5.41) is 0. The summed E-state index contributed by atoms with van der Waals surface area (Å²) in [5.41, 5.74) is 1.56. The van der Waals surface area contributed by atoms with E-state index in [4.69, 9.17) is 4.74 Å². The Labute approximate surface area is 117 Å². The lowest BCUT2D eigenvalue weighted by atomic mass is 10.3. The van der Waals surface area contributed by atoms with Gasteiger partial charge in [-0.2, -0.15) is 0 Å². The third kappa shape index (κ3) is 3.04. The number of nitrogens with zero attached hydrogens (tertiary/aromatic N) is 5. The highest BCUT2D eigenvalue weighted by molar-refractivity contribution is 5.82. The zero-order valence-corrected chi connectivity index (χ0v) is 12.0. The molecule has 0 spiro atoms. The lowest BCUT2D eigenvalue weighted by Gasteiger charge is -2.10. The first-order valence-corrected chi connectivity index (χ1v) is 6.62. The summed E-state index contributed by atoms with van der Waals surface area (Å²) >= 11 is 0. The fraction of sp³-hybridized carbons (Fsp3) is 0.538. The van der Waals surface area contributed by atoms with E-state index in [0.717, 1.165) is 17.0 Å². The Bertz CT molecular complexity index is 593. The second-order valence-corrected chi connectivity index (χ2v) is 4.61. The van der Waals surface area contributed by atoms with Crippen LogP contribution in [0.4, 0.5) is 5.82 Å². The van der Waals surface area contributed by atoms with Crippen LogP contribution in [0, 0.1) is 0 Å². The summed E-state index contributed by atoms with van der Waals surface area (Å²) in [6.45, 7) is 2.91. The minimum absolute atomic E-state index is 0.166. The number of carbonyl (C=O) groups is 1. The van der Waals surface area contributed by atoms with Crippen LogP contribution in [0.3, 0.4) is 0 Å². The van der Waals surface area contributed by atoms with Crippen LogP contribution >= 0.6 is 0 Å². The number of esters is 1. The van der Waals surface area contributed by atoms with E-state index in [9.17, 15) is 4.79 Å². The second kappa shape index (κ2) is 6.31. The number of hydrogen-bond acceptors (Lipinski definition) is 6. The molecule has 0 atom stereocenters. The first kappa shape index (κ1) is 14.2. The lowest BCUT2D eigenvalue weighted by Crippen LogP contribution is -2.11. The molecule has 2 heterocycles. The fourth-order valence-electron chi connectivity index (χ4n) is 1.99. The number of rotatable bonds is 6. The third-order valence-electron chi connectivity index (χ3n) is 2.89. The van der Waals surface area contributed by atoms with Gasteiger partial charge in [0.25, 0.3) is 0 Å². The number of aryl methyl sites for hydroxylation is 1. The van der Waals surface area contributed by atoms with Crippen molar-refractivity contribution in [2.75, 3.05) is 25.6 Å². The number of hydrogen-bond donors (Lipinski definition) is 0. The summed E-state index contributed by atoms with van der Waals surface area (Å²) in [4.78, 5) is 26.0. The molecule has 0 unspecified atom stereocenters. The molecule has 20 heavy (non-hydrogen) atoms. The zero-order chi connectivity index (χ0) is 14.5. The summed E-state index contributed by atoms with van der Waals surface area (Å²) in [5.74, 6) is 0.625. The SMILES string of the molecule is CCOC(=O)CCCn1cnc2c(N(C)C)ncnc21. The van der Waals surface area contributed by atoms with Crippen molar-refractivity contribution in [2.24, 2.45) is 0 Å². The molecule has 0 fully saturated rings. The van der Waals surface area contributed by atoms with Crippen LogP contribution in [0.5, 0.6) is 0 Å². The predicted octanol–water partition coefficient (Wildman–Crippen LogP) is 1.24. The Balaban J connectivity index is 2.08. The van der Waals surface area contributed by atoms with Crippen molar-refractivity contribution in [3.8, 4) is 0 Å². The van der Waals surface area contributed by atoms with Gasteiger partial charge in [0, 0.05) is 27.1 Å². The number of carbonyl (C=O) groups excluding carboxylic acids is 1. The van der Waals surface area contributed by atoms with Crippen LogP contribution in [0.25, 0.3) is 11.2 Å². The Morgan fingerprint density at radius 1 is 1.35 bits per heavy atom. The van der Waals surface area contributed by atoms with Gasteiger partial charge in [0.2, 0.25) is 0 Å². The molecule has 0 N–H and O–H groups in total. The summed E-state index contributed by atoms with van der Waals surface area (Å²) < 4.78 is 6.84. The Morgan fingerprint density at radius 2 is 2.15 bits per heavy atom. The second-order valence-electron chi connectivity index (χ2n) is 4.61. The number of ether oxygens (including phenoxy) is 1. The van der Waals surface area contributed by atoms with Crippen molar-refractivity contribution >= 4 is 23.0 Å². The molecule has 108 valence electrons. The first-order valence-electron chi connectivity index (χ1n) is 6.62. The van der Waals surface area contributed by atoms with Gasteiger partial charge in [-0.1, -0.05) is 0 Å². The van der Waals surface area contributed by atoms with Crippen LogP contribution in [0.1, 0.15) is 19.8 Å². The van der Waals surface area contributed by atoms with E-state index in [0.29, 0.717) is 26.0 Å². The standard InChI is InChI=1S/C13H19N5O2/c1-4-20-10(19)6-5-7-18-9-16-11-12(17(2)3)14-8-15-13(11)18/h8-9H,4-7H2,1-3H3. The van der Waals surface area contributed by atoms with Crippen LogP contribution in [0.15, 0.2) is 12.7 Å². The van der Waals surface area contributed by atoms with Crippen LogP contribution in [-0.4, -0.2) is 46.2 Å². The fourth-order valence-corrected chi connectivity index (χ4v) is 1.99. The Morgan fingerprint density at radius 3 is 2.85 bits per heavy atom. The molecule has 2 aromatic rings.